The van der Waals surface area contributed by atoms with Crippen molar-refractivity contribution in [2.75, 3.05) is 26.0 Å². The Bertz CT molecular complexity index is 514. The third-order valence-corrected chi connectivity index (χ3v) is 2.99. The fourth-order valence-electron chi connectivity index (χ4n) is 1.72. The summed E-state index contributed by atoms with van der Waals surface area (Å²) < 4.78 is 5.21. The predicted molar refractivity (Wildman–Crippen MR) is 76.4 cm³/mol. The standard InChI is InChI=1S/C14H20N2O4/c1-9-8-12(20-4)10(2)7-11(9)15-14(19)16(3)6-5-13(17)18/h7-8H,5-6H2,1-4H3,(H,15,19)(H,17,18). The fourth-order valence-corrected chi connectivity index (χ4v) is 1.72. The number of carboxylic acids is 1. The number of anilines is 1. The van der Waals surface area contributed by atoms with E-state index < -0.39 is 5.97 Å². The summed E-state index contributed by atoms with van der Waals surface area (Å²) in [5.74, 6) is -0.166. The topological polar surface area (TPSA) is 78.9 Å². The Labute approximate surface area is 118 Å². The summed E-state index contributed by atoms with van der Waals surface area (Å²) in [6.07, 6.45) is -0.0788. The third-order valence-electron chi connectivity index (χ3n) is 2.99. The number of ether oxygens (including phenoxy) is 1. The van der Waals surface area contributed by atoms with Gasteiger partial charge >= 0.3 is 12.0 Å². The molecule has 6 nitrogen and oxygen atoms in total. The Balaban J connectivity index is 2.75. The van der Waals surface area contributed by atoms with E-state index in [-0.39, 0.29) is 19.0 Å². The Hall–Kier alpha value is -2.24. The molecule has 0 bridgehead atoms. The van der Waals surface area contributed by atoms with E-state index >= 15 is 0 Å². The molecule has 0 aromatic heterocycles. The maximum Gasteiger partial charge on any atom is 0.321 e. The van der Waals surface area contributed by atoms with E-state index in [4.69, 9.17) is 9.84 Å². The summed E-state index contributed by atoms with van der Waals surface area (Å²) in [6.45, 7) is 3.92. The summed E-state index contributed by atoms with van der Waals surface area (Å²) in [7, 11) is 3.16. The van der Waals surface area contributed by atoms with Crippen LogP contribution < -0.4 is 10.1 Å². The molecule has 0 heterocycles. The number of methoxy groups -OCH3 is 1. The molecule has 2 amide bonds. The second-order valence-electron chi connectivity index (χ2n) is 4.63. The second-order valence-corrected chi connectivity index (χ2v) is 4.63. The van der Waals surface area contributed by atoms with Gasteiger partial charge in [0.05, 0.1) is 13.5 Å². The lowest BCUT2D eigenvalue weighted by Crippen LogP contribution is -2.33. The van der Waals surface area contributed by atoms with Crippen LogP contribution in [0.3, 0.4) is 0 Å². The molecule has 0 radical (unpaired) electrons. The molecule has 0 aliphatic rings. The summed E-state index contributed by atoms with van der Waals surface area (Å²) >= 11 is 0. The van der Waals surface area contributed by atoms with Crippen LogP contribution in [0.25, 0.3) is 0 Å². The van der Waals surface area contributed by atoms with Crippen molar-refractivity contribution < 1.29 is 19.4 Å². The zero-order valence-electron chi connectivity index (χ0n) is 12.2. The zero-order valence-corrected chi connectivity index (χ0v) is 12.2. The number of urea groups is 1. The number of amides is 2. The van der Waals surface area contributed by atoms with E-state index in [0.29, 0.717) is 5.69 Å². The number of rotatable bonds is 5. The van der Waals surface area contributed by atoms with Gasteiger partial charge in [0.1, 0.15) is 5.75 Å². The first kappa shape index (κ1) is 15.8. The Morgan fingerprint density at radius 3 is 2.50 bits per heavy atom. The van der Waals surface area contributed by atoms with Crippen molar-refractivity contribution in [3.8, 4) is 5.75 Å². The minimum Gasteiger partial charge on any atom is -0.496 e. The molecule has 0 saturated heterocycles. The van der Waals surface area contributed by atoms with E-state index in [1.807, 2.05) is 26.0 Å². The summed E-state index contributed by atoms with van der Waals surface area (Å²) in [4.78, 5) is 23.8. The first-order chi connectivity index (χ1) is 9.35. The fraction of sp³-hybridized carbons (Fsp3) is 0.429. The maximum absolute atomic E-state index is 11.9. The first-order valence-electron chi connectivity index (χ1n) is 6.24. The van der Waals surface area contributed by atoms with Crippen molar-refractivity contribution in [3.63, 3.8) is 0 Å². The van der Waals surface area contributed by atoms with Crippen molar-refractivity contribution in [1.82, 2.24) is 4.90 Å². The van der Waals surface area contributed by atoms with Crippen LogP contribution in [0.2, 0.25) is 0 Å². The molecule has 2 N–H and O–H groups in total. The Morgan fingerprint density at radius 2 is 1.95 bits per heavy atom. The smallest absolute Gasteiger partial charge is 0.321 e. The van der Waals surface area contributed by atoms with Gasteiger partial charge < -0.3 is 20.1 Å². The number of hydrogen-bond acceptors (Lipinski definition) is 3. The highest BCUT2D eigenvalue weighted by molar-refractivity contribution is 5.90. The Kier molecular flexibility index (Phi) is 5.37. The van der Waals surface area contributed by atoms with Gasteiger partial charge in [-0.25, -0.2) is 4.79 Å². The normalized spacial score (nSPS) is 10.0. The average Bonchev–Trinajstić information content (AvgIpc) is 2.39. The van der Waals surface area contributed by atoms with Crippen molar-refractivity contribution >= 4 is 17.7 Å². The van der Waals surface area contributed by atoms with E-state index in [9.17, 15) is 9.59 Å². The third kappa shape index (κ3) is 4.15. The number of carboxylic acid groups (broad SMARTS) is 1. The second kappa shape index (κ2) is 6.79. The highest BCUT2D eigenvalue weighted by Crippen LogP contribution is 2.26. The van der Waals surface area contributed by atoms with Gasteiger partial charge in [-0.3, -0.25) is 4.79 Å². The highest BCUT2D eigenvalue weighted by atomic mass is 16.5. The molecule has 0 unspecified atom stereocenters. The molecule has 0 aliphatic heterocycles. The average molecular weight is 280 g/mol. The van der Waals surface area contributed by atoms with Crippen LogP contribution in [-0.4, -0.2) is 42.7 Å². The van der Waals surface area contributed by atoms with Crippen LogP contribution in [0.15, 0.2) is 12.1 Å². The SMILES string of the molecule is COc1cc(C)c(NC(=O)N(C)CCC(=O)O)cc1C. The lowest BCUT2D eigenvalue weighted by atomic mass is 10.1. The lowest BCUT2D eigenvalue weighted by molar-refractivity contribution is -0.137. The minimum absolute atomic E-state index is 0.0788. The molecule has 0 atom stereocenters. The molecule has 1 aromatic rings. The molecule has 1 aromatic carbocycles. The number of nitrogens with one attached hydrogen (secondary N) is 1. The number of carbonyl (C=O) groups excluding carboxylic acids is 1. The largest absolute Gasteiger partial charge is 0.496 e. The van der Waals surface area contributed by atoms with Gasteiger partial charge in [-0.05, 0) is 37.1 Å². The molecular formula is C14H20N2O4. The quantitative estimate of drug-likeness (QED) is 0.867. The molecule has 110 valence electrons. The molecule has 0 aliphatic carbocycles. The number of carbonyl (C=O) groups is 2. The summed E-state index contributed by atoms with van der Waals surface area (Å²) in [6, 6.07) is 3.35. The lowest BCUT2D eigenvalue weighted by Gasteiger charge is -2.18. The van der Waals surface area contributed by atoms with E-state index in [1.54, 1.807) is 14.2 Å². The number of nitrogens with zero attached hydrogens (tertiary/aromatic N) is 1. The van der Waals surface area contributed by atoms with Crippen molar-refractivity contribution in [1.29, 1.82) is 0 Å². The zero-order chi connectivity index (χ0) is 15.3. The van der Waals surface area contributed by atoms with Crippen LogP contribution in [0.1, 0.15) is 17.5 Å². The van der Waals surface area contributed by atoms with Gasteiger partial charge in [-0.2, -0.15) is 0 Å². The first-order valence-corrected chi connectivity index (χ1v) is 6.24. The maximum atomic E-state index is 11.9. The van der Waals surface area contributed by atoms with Crippen LogP contribution >= 0.6 is 0 Å². The van der Waals surface area contributed by atoms with Gasteiger partial charge in [0.25, 0.3) is 0 Å². The molecule has 1 rings (SSSR count). The molecule has 20 heavy (non-hydrogen) atoms. The van der Waals surface area contributed by atoms with Crippen molar-refractivity contribution in [2.45, 2.75) is 20.3 Å². The monoisotopic (exact) mass is 280 g/mol. The molecular weight excluding hydrogens is 260 g/mol. The number of hydrogen-bond donors (Lipinski definition) is 2. The number of aliphatic carboxylic acids is 1. The molecule has 0 saturated carbocycles. The van der Waals surface area contributed by atoms with Crippen LogP contribution in [-0.2, 0) is 4.79 Å². The van der Waals surface area contributed by atoms with Gasteiger partial charge in [-0.1, -0.05) is 0 Å². The summed E-state index contributed by atoms with van der Waals surface area (Å²) in [5.41, 5.74) is 2.49. The van der Waals surface area contributed by atoms with Crippen molar-refractivity contribution in [2.24, 2.45) is 0 Å². The van der Waals surface area contributed by atoms with E-state index in [2.05, 4.69) is 5.32 Å². The van der Waals surface area contributed by atoms with E-state index in [0.717, 1.165) is 16.9 Å². The molecule has 6 heteroatoms. The summed E-state index contributed by atoms with van der Waals surface area (Å²) in [5, 5.41) is 11.4. The molecule has 0 fully saturated rings. The minimum atomic E-state index is -0.930. The number of aryl methyl sites for hydroxylation is 2. The van der Waals surface area contributed by atoms with Gasteiger partial charge in [0, 0.05) is 19.3 Å². The highest BCUT2D eigenvalue weighted by Gasteiger charge is 2.12. The van der Waals surface area contributed by atoms with Gasteiger partial charge in [-0.15, -0.1) is 0 Å². The van der Waals surface area contributed by atoms with Crippen LogP contribution in [0.5, 0.6) is 5.75 Å². The van der Waals surface area contributed by atoms with Gasteiger partial charge in [0.2, 0.25) is 0 Å². The molecule has 0 spiro atoms. The van der Waals surface area contributed by atoms with Crippen molar-refractivity contribution in [3.05, 3.63) is 23.3 Å². The van der Waals surface area contributed by atoms with E-state index in [1.165, 1.54) is 4.90 Å². The van der Waals surface area contributed by atoms with Gasteiger partial charge in [0.15, 0.2) is 0 Å². The number of benzene rings is 1. The van der Waals surface area contributed by atoms with Crippen LogP contribution in [0, 0.1) is 13.8 Å². The Morgan fingerprint density at radius 1 is 1.30 bits per heavy atom. The predicted octanol–water partition coefficient (Wildman–Crippen LogP) is 2.25. The van der Waals surface area contributed by atoms with Crippen LogP contribution in [0.4, 0.5) is 10.5 Å².